The number of thiazole rings is 1. The van der Waals surface area contributed by atoms with E-state index >= 15 is 0 Å². The predicted molar refractivity (Wildman–Crippen MR) is 115 cm³/mol. The fourth-order valence-corrected chi connectivity index (χ4v) is 5.37. The molecule has 2 aliphatic rings. The Hall–Kier alpha value is -2.28. The molecule has 6 heteroatoms. The Kier molecular flexibility index (Phi) is 5.31. The van der Waals surface area contributed by atoms with Crippen molar-refractivity contribution in [3.63, 3.8) is 0 Å². The Labute approximate surface area is 175 Å². The van der Waals surface area contributed by atoms with Crippen LogP contribution in [0.3, 0.4) is 0 Å². The van der Waals surface area contributed by atoms with E-state index in [0.29, 0.717) is 6.04 Å². The van der Waals surface area contributed by atoms with Gasteiger partial charge in [-0.2, -0.15) is 0 Å². The summed E-state index contributed by atoms with van der Waals surface area (Å²) < 4.78 is 1.27. The van der Waals surface area contributed by atoms with Gasteiger partial charge >= 0.3 is 0 Å². The highest BCUT2D eigenvalue weighted by atomic mass is 32.1. The number of aromatic nitrogens is 1. The molecule has 2 fully saturated rings. The van der Waals surface area contributed by atoms with Gasteiger partial charge < -0.3 is 15.1 Å². The highest BCUT2D eigenvalue weighted by Crippen LogP contribution is 2.21. The van der Waals surface area contributed by atoms with Crippen molar-refractivity contribution in [2.75, 3.05) is 26.2 Å². The summed E-state index contributed by atoms with van der Waals surface area (Å²) in [6, 6.07) is 19.0. The molecule has 5 nitrogen and oxygen atoms in total. The van der Waals surface area contributed by atoms with Gasteiger partial charge in [0, 0.05) is 11.6 Å². The third-order valence-corrected chi connectivity index (χ3v) is 7.10. The van der Waals surface area contributed by atoms with Crippen molar-refractivity contribution in [2.24, 2.45) is 0 Å². The van der Waals surface area contributed by atoms with Crippen molar-refractivity contribution in [1.29, 1.82) is 0 Å². The number of nitrogens with one attached hydrogen (secondary N) is 3. The number of amides is 1. The first-order valence-electron chi connectivity index (χ1n) is 10.6. The number of para-hydroxylation sites is 1. The lowest BCUT2D eigenvalue weighted by Crippen LogP contribution is -3.28. The summed E-state index contributed by atoms with van der Waals surface area (Å²) in [6.07, 6.45) is 2.26. The van der Waals surface area contributed by atoms with Crippen molar-refractivity contribution < 1.29 is 14.6 Å². The molecule has 1 aliphatic heterocycles. The van der Waals surface area contributed by atoms with E-state index in [9.17, 15) is 4.79 Å². The van der Waals surface area contributed by atoms with Crippen molar-refractivity contribution in [3.8, 4) is 0 Å². The zero-order valence-electron chi connectivity index (χ0n) is 16.6. The number of quaternary nitrogens is 2. The van der Waals surface area contributed by atoms with Gasteiger partial charge in [0.05, 0.1) is 10.2 Å². The van der Waals surface area contributed by atoms with Crippen molar-refractivity contribution in [1.82, 2.24) is 10.3 Å². The van der Waals surface area contributed by atoms with Crippen LogP contribution in [0, 0.1) is 0 Å². The normalized spacial score (nSPS) is 23.0. The third-order valence-electron chi connectivity index (χ3n) is 6.07. The van der Waals surface area contributed by atoms with Crippen LogP contribution < -0.4 is 15.1 Å². The minimum Gasteiger partial charge on any atom is -0.348 e. The van der Waals surface area contributed by atoms with Crippen LogP contribution in [-0.2, 0) is 11.3 Å². The van der Waals surface area contributed by atoms with E-state index in [0.717, 1.165) is 56.6 Å². The van der Waals surface area contributed by atoms with Crippen molar-refractivity contribution in [3.05, 3.63) is 65.2 Å². The van der Waals surface area contributed by atoms with E-state index < -0.39 is 0 Å². The predicted octanol–water partition coefficient (Wildman–Crippen LogP) is 0.600. The topological polar surface area (TPSA) is 50.9 Å². The second kappa shape index (κ2) is 8.22. The van der Waals surface area contributed by atoms with Gasteiger partial charge in [-0.15, -0.1) is 11.3 Å². The Bertz CT molecular complexity index is 944. The lowest BCUT2D eigenvalue weighted by Gasteiger charge is -2.34. The van der Waals surface area contributed by atoms with Gasteiger partial charge in [-0.1, -0.05) is 42.5 Å². The van der Waals surface area contributed by atoms with E-state index in [4.69, 9.17) is 4.98 Å². The van der Waals surface area contributed by atoms with Crippen LogP contribution >= 0.6 is 11.3 Å². The first-order chi connectivity index (χ1) is 14.3. The quantitative estimate of drug-likeness (QED) is 0.560. The highest BCUT2D eigenvalue weighted by Gasteiger charge is 2.37. The summed E-state index contributed by atoms with van der Waals surface area (Å²) in [6.45, 7) is 5.16. The number of rotatable bonds is 6. The van der Waals surface area contributed by atoms with E-state index in [1.54, 1.807) is 4.90 Å². The van der Waals surface area contributed by atoms with Crippen LogP contribution in [0.4, 0.5) is 0 Å². The Morgan fingerprint density at radius 1 is 1.03 bits per heavy atom. The largest absolute Gasteiger partial charge is 0.348 e. The summed E-state index contributed by atoms with van der Waals surface area (Å²) in [4.78, 5) is 20.8. The minimum absolute atomic E-state index is 0.0965. The monoisotopic (exact) mass is 408 g/mol. The van der Waals surface area contributed by atoms with Gasteiger partial charge in [-0.25, -0.2) is 4.98 Å². The van der Waals surface area contributed by atoms with Crippen molar-refractivity contribution >= 4 is 27.5 Å². The number of hydrogen-bond acceptors (Lipinski definition) is 3. The SMILES string of the molecule is O=C(NC1CC1)[C@@H](c1ccccc1)[NH+]1CC[NH+](Cc2nc3ccccc3s2)CC1. The molecule has 1 amide bonds. The maximum Gasteiger partial charge on any atom is 0.283 e. The molecular weight excluding hydrogens is 380 g/mol. The molecule has 150 valence electrons. The molecule has 2 aromatic carbocycles. The zero-order chi connectivity index (χ0) is 19.6. The Balaban J connectivity index is 1.25. The van der Waals surface area contributed by atoms with Crippen LogP contribution in [0.5, 0.6) is 0 Å². The molecule has 1 atom stereocenters. The number of carbonyl (C=O) groups excluding carboxylic acids is 1. The third kappa shape index (κ3) is 4.34. The molecule has 3 aromatic rings. The second-order valence-corrected chi connectivity index (χ2v) is 9.40. The van der Waals surface area contributed by atoms with Gasteiger partial charge in [0.1, 0.15) is 37.7 Å². The fraction of sp³-hybridized carbons (Fsp3) is 0.391. The number of nitrogens with zero attached hydrogens (tertiary/aromatic N) is 1. The average Bonchev–Trinajstić information content (AvgIpc) is 3.46. The van der Waals surface area contributed by atoms with Gasteiger partial charge in [0.15, 0.2) is 6.04 Å². The number of carbonyl (C=O) groups is 1. The lowest BCUT2D eigenvalue weighted by atomic mass is 10.0. The molecule has 2 heterocycles. The average molecular weight is 409 g/mol. The smallest absolute Gasteiger partial charge is 0.283 e. The second-order valence-electron chi connectivity index (χ2n) is 8.29. The minimum atomic E-state index is -0.0965. The first-order valence-corrected chi connectivity index (χ1v) is 11.5. The molecule has 0 unspecified atom stereocenters. The maximum absolute atomic E-state index is 13.0. The highest BCUT2D eigenvalue weighted by molar-refractivity contribution is 7.18. The molecule has 0 radical (unpaired) electrons. The van der Waals surface area contributed by atoms with Crippen LogP contribution in [0.2, 0.25) is 0 Å². The molecule has 1 saturated carbocycles. The van der Waals surface area contributed by atoms with Crippen molar-refractivity contribution in [2.45, 2.75) is 31.5 Å². The summed E-state index contributed by atoms with van der Waals surface area (Å²) >= 11 is 1.81. The van der Waals surface area contributed by atoms with Crippen LogP contribution in [0.15, 0.2) is 54.6 Å². The summed E-state index contributed by atoms with van der Waals surface area (Å²) in [5.41, 5.74) is 2.24. The Morgan fingerprint density at radius 3 is 2.48 bits per heavy atom. The number of benzene rings is 2. The number of fused-ring (bicyclic) bond motifs is 1. The summed E-state index contributed by atoms with van der Waals surface area (Å²) in [5, 5.41) is 4.46. The van der Waals surface area contributed by atoms with Gasteiger partial charge in [-0.3, -0.25) is 4.79 Å². The Morgan fingerprint density at radius 2 is 1.76 bits per heavy atom. The maximum atomic E-state index is 13.0. The standard InChI is InChI=1S/C23H26N4OS/c28-23(24-18-10-11-18)22(17-6-2-1-3-7-17)27-14-12-26(13-15-27)16-21-25-19-8-4-5-9-20(19)29-21/h1-9,18,22H,10-16H2,(H,24,28)/p+2/t22-/m1/s1. The van der Waals surface area contributed by atoms with E-state index in [1.165, 1.54) is 14.6 Å². The number of hydrogen-bond donors (Lipinski definition) is 3. The fourth-order valence-electron chi connectivity index (χ4n) is 4.33. The molecule has 0 bridgehead atoms. The molecule has 5 rings (SSSR count). The molecule has 0 spiro atoms. The van der Waals surface area contributed by atoms with Gasteiger partial charge in [0.2, 0.25) is 0 Å². The number of piperazine rings is 1. The van der Waals surface area contributed by atoms with Gasteiger partial charge in [0.25, 0.3) is 5.91 Å². The van der Waals surface area contributed by atoms with E-state index in [1.807, 2.05) is 29.5 Å². The van der Waals surface area contributed by atoms with Crippen LogP contribution in [0.1, 0.15) is 29.5 Å². The van der Waals surface area contributed by atoms with Gasteiger partial charge in [-0.05, 0) is 25.0 Å². The lowest BCUT2D eigenvalue weighted by molar-refractivity contribution is -1.03. The van der Waals surface area contributed by atoms with E-state index in [-0.39, 0.29) is 11.9 Å². The first kappa shape index (κ1) is 18.7. The van der Waals surface area contributed by atoms with E-state index in [2.05, 4.69) is 41.7 Å². The molecule has 1 aliphatic carbocycles. The molecular formula is C23H28N4OS+2. The molecule has 29 heavy (non-hydrogen) atoms. The van der Waals surface area contributed by atoms with Crippen LogP contribution in [-0.4, -0.2) is 43.1 Å². The molecule has 1 saturated heterocycles. The zero-order valence-corrected chi connectivity index (χ0v) is 17.4. The molecule has 1 aromatic heterocycles. The molecule has 3 N–H and O–H groups in total. The summed E-state index contributed by atoms with van der Waals surface area (Å²) in [5.74, 6) is 0.198. The summed E-state index contributed by atoms with van der Waals surface area (Å²) in [7, 11) is 0. The van der Waals surface area contributed by atoms with Crippen LogP contribution in [0.25, 0.3) is 10.2 Å².